The lowest BCUT2D eigenvalue weighted by Crippen LogP contribution is -2.09. The maximum absolute atomic E-state index is 6.63. The Hall–Kier alpha value is -6.32. The molecule has 0 spiro atoms. The van der Waals surface area contributed by atoms with Gasteiger partial charge in [0.15, 0.2) is 0 Å². The standard InChI is InChI=1S/C48H38N2O/c1-31-5-15-39(16-6-31)49(40-17-7-32(2)8-18-40)43-23-13-35-27-45-46-28-36-14-24-44(26-38(36)30-48(46)51-47(45)29-37(35)25-43)50(41-19-9-33(3)10-20-41)42-21-11-34(4)12-22-42/h5-30H,1-4H3. The first-order chi connectivity index (χ1) is 24.9. The Bertz CT molecular complexity index is 2420. The number of furan rings is 1. The minimum Gasteiger partial charge on any atom is -0.456 e. The summed E-state index contributed by atoms with van der Waals surface area (Å²) in [5, 5.41) is 6.91. The fourth-order valence-electron chi connectivity index (χ4n) is 7.18. The largest absolute Gasteiger partial charge is 0.456 e. The lowest BCUT2D eigenvalue weighted by Gasteiger charge is -2.26. The van der Waals surface area contributed by atoms with Crippen molar-refractivity contribution in [2.45, 2.75) is 27.7 Å². The van der Waals surface area contributed by atoms with Gasteiger partial charge in [-0.25, -0.2) is 0 Å². The van der Waals surface area contributed by atoms with Crippen LogP contribution >= 0.6 is 0 Å². The first-order valence-electron chi connectivity index (χ1n) is 17.6. The van der Waals surface area contributed by atoms with Gasteiger partial charge in [-0.1, -0.05) is 82.9 Å². The molecule has 3 heteroatoms. The average molecular weight is 659 g/mol. The molecule has 0 bridgehead atoms. The zero-order valence-electron chi connectivity index (χ0n) is 29.3. The van der Waals surface area contributed by atoms with E-state index in [4.69, 9.17) is 4.42 Å². The molecule has 8 aromatic carbocycles. The molecule has 0 unspecified atom stereocenters. The summed E-state index contributed by atoms with van der Waals surface area (Å²) in [6.45, 7) is 8.51. The first-order valence-corrected chi connectivity index (χ1v) is 17.6. The van der Waals surface area contributed by atoms with Crippen molar-refractivity contribution in [3.05, 3.63) is 180 Å². The van der Waals surface area contributed by atoms with Crippen LogP contribution in [0.25, 0.3) is 43.5 Å². The molecule has 0 saturated heterocycles. The molecule has 9 aromatic rings. The normalized spacial score (nSPS) is 11.5. The molecule has 0 fully saturated rings. The molecule has 9 rings (SSSR count). The lowest BCUT2D eigenvalue weighted by atomic mass is 10.0. The van der Waals surface area contributed by atoms with Crippen LogP contribution in [0, 0.1) is 27.7 Å². The summed E-state index contributed by atoms with van der Waals surface area (Å²) < 4.78 is 6.63. The lowest BCUT2D eigenvalue weighted by molar-refractivity contribution is 0.670. The van der Waals surface area contributed by atoms with Gasteiger partial charge < -0.3 is 14.2 Å². The molecule has 0 atom stereocenters. The quantitative estimate of drug-likeness (QED) is 0.177. The summed E-state index contributed by atoms with van der Waals surface area (Å²) in [4.78, 5) is 4.64. The molecule has 1 heterocycles. The van der Waals surface area contributed by atoms with Gasteiger partial charge in [-0.2, -0.15) is 0 Å². The molecule has 1 aromatic heterocycles. The predicted octanol–water partition coefficient (Wildman–Crippen LogP) is 14.1. The SMILES string of the molecule is Cc1ccc(N(c2ccc(C)cc2)c2ccc3cc4c(cc3c2)oc2cc3cc(N(c5ccc(C)cc5)c5ccc(C)cc5)ccc3cc24)cc1. The molecular weight excluding hydrogens is 621 g/mol. The molecule has 51 heavy (non-hydrogen) atoms. The zero-order chi connectivity index (χ0) is 34.6. The van der Waals surface area contributed by atoms with E-state index < -0.39 is 0 Å². The van der Waals surface area contributed by atoms with E-state index in [2.05, 4.69) is 195 Å². The number of aryl methyl sites for hydroxylation is 4. The number of anilines is 6. The molecule has 0 aliphatic carbocycles. The van der Waals surface area contributed by atoms with Crippen LogP contribution in [0.5, 0.6) is 0 Å². The van der Waals surface area contributed by atoms with Crippen LogP contribution in [-0.4, -0.2) is 0 Å². The Morgan fingerprint density at radius 1 is 0.294 bits per heavy atom. The van der Waals surface area contributed by atoms with Gasteiger partial charge in [0, 0.05) is 44.9 Å². The number of hydrogen-bond acceptors (Lipinski definition) is 3. The smallest absolute Gasteiger partial charge is 0.136 e. The molecule has 0 radical (unpaired) electrons. The van der Waals surface area contributed by atoms with Crippen molar-refractivity contribution in [2.24, 2.45) is 0 Å². The third kappa shape index (κ3) is 5.67. The number of fused-ring (bicyclic) bond motifs is 5. The highest BCUT2D eigenvalue weighted by molar-refractivity contribution is 6.14. The van der Waals surface area contributed by atoms with E-state index in [0.717, 1.165) is 66.8 Å². The van der Waals surface area contributed by atoms with Gasteiger partial charge in [0.2, 0.25) is 0 Å². The van der Waals surface area contributed by atoms with Crippen molar-refractivity contribution in [2.75, 3.05) is 9.80 Å². The predicted molar refractivity (Wildman–Crippen MR) is 217 cm³/mol. The Kier molecular flexibility index (Phi) is 7.36. The summed E-state index contributed by atoms with van der Waals surface area (Å²) in [5.74, 6) is 0. The number of benzene rings is 8. The molecule has 0 saturated carbocycles. The minimum absolute atomic E-state index is 0.892. The first kappa shape index (κ1) is 30.7. The van der Waals surface area contributed by atoms with E-state index >= 15 is 0 Å². The van der Waals surface area contributed by atoms with Crippen molar-refractivity contribution >= 4 is 77.6 Å². The Balaban J connectivity index is 1.15. The van der Waals surface area contributed by atoms with Crippen molar-refractivity contribution in [3.63, 3.8) is 0 Å². The minimum atomic E-state index is 0.892. The fourth-order valence-corrected chi connectivity index (χ4v) is 7.18. The van der Waals surface area contributed by atoms with Crippen LogP contribution in [0.1, 0.15) is 22.3 Å². The van der Waals surface area contributed by atoms with Crippen LogP contribution in [0.3, 0.4) is 0 Å². The van der Waals surface area contributed by atoms with Crippen LogP contribution in [0.4, 0.5) is 34.1 Å². The number of nitrogens with zero attached hydrogens (tertiary/aromatic N) is 2. The summed E-state index contributed by atoms with van der Waals surface area (Å²) in [7, 11) is 0. The summed E-state index contributed by atoms with van der Waals surface area (Å²) in [5.41, 5.74) is 13.5. The highest BCUT2D eigenvalue weighted by Crippen LogP contribution is 2.41. The van der Waals surface area contributed by atoms with Crippen LogP contribution in [0.15, 0.2) is 162 Å². The second-order valence-electron chi connectivity index (χ2n) is 13.9. The average Bonchev–Trinajstić information content (AvgIpc) is 3.48. The highest BCUT2D eigenvalue weighted by Gasteiger charge is 2.17. The molecule has 0 amide bonds. The third-order valence-corrected chi connectivity index (χ3v) is 10.0. The van der Waals surface area contributed by atoms with Crippen LogP contribution in [-0.2, 0) is 0 Å². The van der Waals surface area contributed by atoms with E-state index in [-0.39, 0.29) is 0 Å². The van der Waals surface area contributed by atoms with Gasteiger partial charge in [0.1, 0.15) is 11.2 Å². The fraction of sp³-hybridized carbons (Fsp3) is 0.0833. The van der Waals surface area contributed by atoms with E-state index in [1.807, 2.05) is 0 Å². The molecule has 0 aliphatic heterocycles. The molecule has 3 nitrogen and oxygen atoms in total. The Morgan fingerprint density at radius 3 is 0.902 bits per heavy atom. The summed E-state index contributed by atoms with van der Waals surface area (Å²) in [6.07, 6.45) is 0. The van der Waals surface area contributed by atoms with Crippen LogP contribution < -0.4 is 9.80 Å². The third-order valence-electron chi connectivity index (χ3n) is 10.0. The maximum atomic E-state index is 6.63. The number of hydrogen-bond donors (Lipinski definition) is 0. The zero-order valence-corrected chi connectivity index (χ0v) is 29.3. The van der Waals surface area contributed by atoms with Crippen molar-refractivity contribution in [3.8, 4) is 0 Å². The van der Waals surface area contributed by atoms with E-state index in [1.54, 1.807) is 0 Å². The maximum Gasteiger partial charge on any atom is 0.136 e. The molecule has 246 valence electrons. The molecular formula is C48H38N2O. The van der Waals surface area contributed by atoms with Crippen LogP contribution in [0.2, 0.25) is 0 Å². The van der Waals surface area contributed by atoms with Gasteiger partial charge in [-0.3, -0.25) is 0 Å². The van der Waals surface area contributed by atoms with Gasteiger partial charge in [-0.15, -0.1) is 0 Å². The second kappa shape index (κ2) is 12.2. The van der Waals surface area contributed by atoms with Crippen molar-refractivity contribution in [1.29, 1.82) is 0 Å². The highest BCUT2D eigenvalue weighted by atomic mass is 16.3. The molecule has 0 aliphatic rings. The van der Waals surface area contributed by atoms with Gasteiger partial charge >= 0.3 is 0 Å². The van der Waals surface area contributed by atoms with Crippen molar-refractivity contribution < 1.29 is 4.42 Å². The van der Waals surface area contributed by atoms with E-state index in [1.165, 1.54) is 33.0 Å². The number of rotatable bonds is 6. The summed E-state index contributed by atoms with van der Waals surface area (Å²) in [6, 6.07) is 57.3. The molecule has 0 N–H and O–H groups in total. The second-order valence-corrected chi connectivity index (χ2v) is 13.9. The van der Waals surface area contributed by atoms with Crippen molar-refractivity contribution in [1.82, 2.24) is 0 Å². The van der Waals surface area contributed by atoms with Gasteiger partial charge in [0.25, 0.3) is 0 Å². The monoisotopic (exact) mass is 658 g/mol. The topological polar surface area (TPSA) is 19.6 Å². The van der Waals surface area contributed by atoms with E-state index in [0.29, 0.717) is 0 Å². The van der Waals surface area contributed by atoms with Gasteiger partial charge in [-0.05, 0) is 146 Å². The Morgan fingerprint density at radius 2 is 0.588 bits per heavy atom. The van der Waals surface area contributed by atoms with Gasteiger partial charge in [0.05, 0.1) is 0 Å². The summed E-state index contributed by atoms with van der Waals surface area (Å²) >= 11 is 0. The van der Waals surface area contributed by atoms with E-state index in [9.17, 15) is 0 Å². The Labute approximate surface area is 298 Å².